The minimum absolute atomic E-state index is 0.210. The number of pyridine rings is 1. The molecular weight excluding hydrogens is 386 g/mol. The van der Waals surface area contributed by atoms with Crippen LogP contribution >= 0.6 is 0 Å². The molecule has 0 aliphatic heterocycles. The lowest BCUT2D eigenvalue weighted by atomic mass is 9.90. The topological polar surface area (TPSA) is 81.2 Å². The molecule has 0 bridgehead atoms. The molecule has 152 valence electrons. The number of hydrogen-bond acceptors (Lipinski definition) is 5. The molecule has 0 spiro atoms. The number of aryl methyl sites for hydroxylation is 1. The van der Waals surface area contributed by atoms with Crippen LogP contribution in [-0.2, 0) is 0 Å². The van der Waals surface area contributed by atoms with Gasteiger partial charge in [0.05, 0.1) is 7.11 Å². The molecule has 2 N–H and O–H groups in total. The monoisotopic (exact) mass is 407 g/mol. The van der Waals surface area contributed by atoms with Gasteiger partial charge in [0.1, 0.15) is 34.7 Å². The van der Waals surface area contributed by atoms with E-state index in [-0.39, 0.29) is 5.82 Å². The van der Waals surface area contributed by atoms with E-state index in [2.05, 4.69) is 11.1 Å². The predicted molar refractivity (Wildman–Crippen MR) is 122 cm³/mol. The summed E-state index contributed by atoms with van der Waals surface area (Å²) in [6.07, 6.45) is 0. The summed E-state index contributed by atoms with van der Waals surface area (Å²) in [5, 5.41) is 9.89. The molecule has 0 saturated heterocycles. The highest BCUT2D eigenvalue weighted by Gasteiger charge is 2.20. The molecule has 0 unspecified atom stereocenters. The molecule has 1 aromatic heterocycles. The summed E-state index contributed by atoms with van der Waals surface area (Å²) in [5.41, 5.74) is 10.6. The highest BCUT2D eigenvalue weighted by molar-refractivity contribution is 5.91. The zero-order valence-corrected chi connectivity index (χ0v) is 17.3. The van der Waals surface area contributed by atoms with Crippen LogP contribution in [-0.4, -0.2) is 12.1 Å². The third-order valence-corrected chi connectivity index (χ3v) is 5.00. The van der Waals surface area contributed by atoms with Crippen molar-refractivity contribution in [3.63, 3.8) is 0 Å². The van der Waals surface area contributed by atoms with Crippen molar-refractivity contribution in [1.82, 2.24) is 4.98 Å². The van der Waals surface area contributed by atoms with Gasteiger partial charge in [-0.25, -0.2) is 4.98 Å². The van der Waals surface area contributed by atoms with Crippen molar-refractivity contribution < 1.29 is 9.47 Å². The van der Waals surface area contributed by atoms with E-state index >= 15 is 0 Å². The van der Waals surface area contributed by atoms with Gasteiger partial charge in [-0.3, -0.25) is 0 Å². The third kappa shape index (κ3) is 4.05. The molecule has 0 radical (unpaired) electrons. The molecule has 0 fully saturated rings. The van der Waals surface area contributed by atoms with E-state index in [1.165, 1.54) is 0 Å². The molecule has 31 heavy (non-hydrogen) atoms. The number of para-hydroxylation sites is 1. The quantitative estimate of drug-likeness (QED) is 0.440. The molecule has 0 aliphatic rings. The number of nitriles is 1. The van der Waals surface area contributed by atoms with Crippen molar-refractivity contribution >= 4 is 5.82 Å². The first kappa shape index (κ1) is 20.0. The lowest BCUT2D eigenvalue weighted by molar-refractivity contribution is 0.415. The van der Waals surface area contributed by atoms with Gasteiger partial charge in [0.2, 0.25) is 0 Å². The molecule has 3 aromatic carbocycles. The molecular formula is C26H21N3O2. The zero-order valence-electron chi connectivity index (χ0n) is 17.3. The second-order valence-corrected chi connectivity index (χ2v) is 6.99. The number of nitrogen functional groups attached to an aromatic ring is 1. The fraction of sp³-hybridized carbons (Fsp3) is 0.0769. The SMILES string of the molecule is COc1ccc(-c2c(C)nc(N)c(C#N)c2-c2cccc(Oc3ccccc3)c2)cc1. The Morgan fingerprint density at radius 3 is 2.19 bits per heavy atom. The van der Waals surface area contributed by atoms with Crippen LogP contribution in [0.15, 0.2) is 78.9 Å². The van der Waals surface area contributed by atoms with E-state index in [0.717, 1.165) is 39.4 Å². The van der Waals surface area contributed by atoms with Gasteiger partial charge in [-0.05, 0) is 54.4 Å². The Hall–Kier alpha value is -4.30. The Morgan fingerprint density at radius 2 is 1.52 bits per heavy atom. The van der Waals surface area contributed by atoms with Crippen molar-refractivity contribution in [2.75, 3.05) is 12.8 Å². The summed E-state index contributed by atoms with van der Waals surface area (Å²) in [6, 6.07) is 27.1. The van der Waals surface area contributed by atoms with E-state index in [9.17, 15) is 5.26 Å². The second kappa shape index (κ2) is 8.60. The largest absolute Gasteiger partial charge is 0.497 e. The Kier molecular flexibility index (Phi) is 5.55. The van der Waals surface area contributed by atoms with Gasteiger partial charge < -0.3 is 15.2 Å². The lowest BCUT2D eigenvalue weighted by Crippen LogP contribution is -2.03. The van der Waals surface area contributed by atoms with Crippen LogP contribution in [0, 0.1) is 18.3 Å². The Labute approximate surface area is 181 Å². The van der Waals surface area contributed by atoms with E-state index in [4.69, 9.17) is 15.2 Å². The van der Waals surface area contributed by atoms with Crippen molar-refractivity contribution in [1.29, 1.82) is 5.26 Å². The number of anilines is 1. The molecule has 1 heterocycles. The van der Waals surface area contributed by atoms with E-state index in [1.807, 2.05) is 85.8 Å². The maximum Gasteiger partial charge on any atom is 0.142 e. The van der Waals surface area contributed by atoms with Gasteiger partial charge in [0, 0.05) is 16.8 Å². The highest BCUT2D eigenvalue weighted by Crippen LogP contribution is 2.40. The minimum atomic E-state index is 0.210. The summed E-state index contributed by atoms with van der Waals surface area (Å²) >= 11 is 0. The fourth-order valence-corrected chi connectivity index (χ4v) is 3.58. The number of rotatable bonds is 5. The highest BCUT2D eigenvalue weighted by atomic mass is 16.5. The normalized spacial score (nSPS) is 10.4. The van der Waals surface area contributed by atoms with Crippen LogP contribution < -0.4 is 15.2 Å². The maximum absolute atomic E-state index is 9.89. The first-order valence-electron chi connectivity index (χ1n) is 9.78. The first-order chi connectivity index (χ1) is 15.1. The molecule has 0 atom stereocenters. The molecule has 0 saturated carbocycles. The molecule has 4 rings (SSSR count). The Balaban J connectivity index is 1.89. The number of nitrogens with two attached hydrogens (primary N) is 1. The van der Waals surface area contributed by atoms with E-state index in [1.54, 1.807) is 7.11 Å². The third-order valence-electron chi connectivity index (χ3n) is 5.00. The second-order valence-electron chi connectivity index (χ2n) is 6.99. The van der Waals surface area contributed by atoms with Crippen LogP contribution in [0.5, 0.6) is 17.2 Å². The zero-order chi connectivity index (χ0) is 21.8. The summed E-state index contributed by atoms with van der Waals surface area (Å²) < 4.78 is 11.3. The van der Waals surface area contributed by atoms with Gasteiger partial charge in [0.15, 0.2) is 0 Å². The summed E-state index contributed by atoms with van der Waals surface area (Å²) in [4.78, 5) is 4.43. The number of aromatic nitrogens is 1. The molecule has 4 aromatic rings. The fourth-order valence-electron chi connectivity index (χ4n) is 3.58. The average Bonchev–Trinajstić information content (AvgIpc) is 2.80. The lowest BCUT2D eigenvalue weighted by Gasteiger charge is -2.17. The average molecular weight is 407 g/mol. The molecule has 0 amide bonds. The summed E-state index contributed by atoms with van der Waals surface area (Å²) in [6.45, 7) is 1.89. The number of ether oxygens (including phenoxy) is 2. The molecule has 0 aliphatic carbocycles. The number of methoxy groups -OCH3 is 1. The van der Waals surface area contributed by atoms with Crippen LogP contribution in [0.25, 0.3) is 22.3 Å². The predicted octanol–water partition coefficient (Wildman–Crippen LogP) is 5.98. The van der Waals surface area contributed by atoms with Gasteiger partial charge >= 0.3 is 0 Å². The Bertz CT molecular complexity index is 1260. The number of nitrogens with zero attached hydrogens (tertiary/aromatic N) is 2. The van der Waals surface area contributed by atoms with Crippen LogP contribution in [0.2, 0.25) is 0 Å². The van der Waals surface area contributed by atoms with Crippen molar-refractivity contribution in [2.24, 2.45) is 0 Å². The van der Waals surface area contributed by atoms with Gasteiger partial charge in [-0.1, -0.05) is 42.5 Å². The van der Waals surface area contributed by atoms with Gasteiger partial charge in [-0.2, -0.15) is 5.26 Å². The van der Waals surface area contributed by atoms with Crippen LogP contribution in [0.3, 0.4) is 0 Å². The minimum Gasteiger partial charge on any atom is -0.497 e. The summed E-state index contributed by atoms with van der Waals surface area (Å²) in [7, 11) is 1.63. The van der Waals surface area contributed by atoms with Gasteiger partial charge in [0.25, 0.3) is 0 Å². The van der Waals surface area contributed by atoms with Crippen LogP contribution in [0.1, 0.15) is 11.3 Å². The molecule has 5 heteroatoms. The summed E-state index contributed by atoms with van der Waals surface area (Å²) in [5.74, 6) is 2.37. The number of benzene rings is 3. The van der Waals surface area contributed by atoms with Crippen molar-refractivity contribution in [2.45, 2.75) is 6.92 Å². The molecule has 5 nitrogen and oxygen atoms in total. The standard InChI is InChI=1S/C26H21N3O2/c1-17-24(18-11-13-20(30-2)14-12-18)25(23(16-27)26(28)29-17)19-7-6-10-22(15-19)31-21-8-4-3-5-9-21/h3-15H,1-2H3,(H2,28,29). The first-order valence-corrected chi connectivity index (χ1v) is 9.78. The van der Waals surface area contributed by atoms with E-state index < -0.39 is 0 Å². The van der Waals surface area contributed by atoms with E-state index in [0.29, 0.717) is 11.3 Å². The van der Waals surface area contributed by atoms with Gasteiger partial charge in [-0.15, -0.1) is 0 Å². The number of hydrogen-bond donors (Lipinski definition) is 1. The Morgan fingerprint density at radius 1 is 0.806 bits per heavy atom. The van der Waals surface area contributed by atoms with Crippen molar-refractivity contribution in [3.05, 3.63) is 90.1 Å². The van der Waals surface area contributed by atoms with Crippen LogP contribution in [0.4, 0.5) is 5.82 Å². The van der Waals surface area contributed by atoms with Crippen molar-refractivity contribution in [3.8, 4) is 45.6 Å². The smallest absolute Gasteiger partial charge is 0.142 e. The maximum atomic E-state index is 9.89.